The molecule has 1 fully saturated rings. The molecule has 0 amide bonds. The summed E-state index contributed by atoms with van der Waals surface area (Å²) in [6, 6.07) is 5.79. The summed E-state index contributed by atoms with van der Waals surface area (Å²) in [6.07, 6.45) is -2.19. The fraction of sp³-hybridized carbons (Fsp3) is 0.625. The fourth-order valence-electron chi connectivity index (χ4n) is 2.97. The van der Waals surface area contributed by atoms with Crippen molar-refractivity contribution in [2.75, 3.05) is 7.11 Å². The Kier molecular flexibility index (Phi) is 5.14. The maximum absolute atomic E-state index is 12.8. The minimum Gasteiger partial charge on any atom is -0.496 e. The molecule has 2 nitrogen and oxygen atoms in total. The van der Waals surface area contributed by atoms with Crippen LogP contribution in [0.15, 0.2) is 18.2 Å². The lowest BCUT2D eigenvalue weighted by molar-refractivity contribution is -0.183. The van der Waals surface area contributed by atoms with E-state index in [1.165, 1.54) is 0 Å². The van der Waals surface area contributed by atoms with Gasteiger partial charge in [-0.05, 0) is 32.3 Å². The predicted molar refractivity (Wildman–Crippen MR) is 76.4 cm³/mol. The van der Waals surface area contributed by atoms with Gasteiger partial charge in [-0.25, -0.2) is 0 Å². The van der Waals surface area contributed by atoms with Crippen molar-refractivity contribution in [3.63, 3.8) is 0 Å². The average Bonchev–Trinajstić information content (AvgIpc) is 2.45. The molecule has 1 saturated carbocycles. The highest BCUT2D eigenvalue weighted by atomic mass is 19.4. The van der Waals surface area contributed by atoms with Crippen LogP contribution in [0.1, 0.15) is 36.8 Å². The molecular formula is C16H22F3NO. The number of hydrogen-bond acceptors (Lipinski definition) is 2. The smallest absolute Gasteiger partial charge is 0.391 e. The van der Waals surface area contributed by atoms with E-state index in [9.17, 15) is 13.2 Å². The third kappa shape index (κ3) is 4.37. The molecule has 1 aliphatic carbocycles. The van der Waals surface area contributed by atoms with E-state index in [0.717, 1.165) is 23.3 Å². The summed E-state index contributed by atoms with van der Waals surface area (Å²) in [6.45, 7) is 2.53. The van der Waals surface area contributed by atoms with Crippen LogP contribution < -0.4 is 10.1 Å². The van der Waals surface area contributed by atoms with E-state index in [-0.39, 0.29) is 18.9 Å². The summed E-state index contributed by atoms with van der Waals surface area (Å²) in [5.41, 5.74) is 2.11. The van der Waals surface area contributed by atoms with Crippen molar-refractivity contribution in [3.05, 3.63) is 29.3 Å². The lowest BCUT2D eigenvalue weighted by atomic mass is 9.85. The normalized spacial score (nSPS) is 23.1. The summed E-state index contributed by atoms with van der Waals surface area (Å²) in [4.78, 5) is 0. The molecule has 5 heteroatoms. The quantitative estimate of drug-likeness (QED) is 0.899. The minimum atomic E-state index is -4.07. The van der Waals surface area contributed by atoms with Gasteiger partial charge in [0.1, 0.15) is 5.75 Å². The second kappa shape index (κ2) is 6.69. The standard InChI is InChI=1S/C16H22F3NO/c1-11-6-7-15(21-2)12(8-11)10-20-14-5-3-4-13(9-14)16(17,18)19/h6-8,13-14,20H,3-5,9-10H2,1-2H3. The van der Waals surface area contributed by atoms with Gasteiger partial charge in [0.15, 0.2) is 0 Å². The Hall–Kier alpha value is -1.23. The number of benzene rings is 1. The Morgan fingerprint density at radius 1 is 1.29 bits per heavy atom. The van der Waals surface area contributed by atoms with Crippen LogP contribution in [-0.4, -0.2) is 19.3 Å². The lowest BCUT2D eigenvalue weighted by Crippen LogP contribution is -2.38. The van der Waals surface area contributed by atoms with Gasteiger partial charge in [0.2, 0.25) is 0 Å². The topological polar surface area (TPSA) is 21.3 Å². The molecule has 0 saturated heterocycles. The number of hydrogen-bond donors (Lipinski definition) is 1. The molecular weight excluding hydrogens is 279 g/mol. The Morgan fingerprint density at radius 3 is 2.71 bits per heavy atom. The van der Waals surface area contributed by atoms with Gasteiger partial charge in [-0.3, -0.25) is 0 Å². The Bertz CT molecular complexity index is 473. The first kappa shape index (κ1) is 16.1. The van der Waals surface area contributed by atoms with Crippen LogP contribution in [0, 0.1) is 12.8 Å². The zero-order valence-electron chi connectivity index (χ0n) is 12.5. The Morgan fingerprint density at radius 2 is 2.05 bits per heavy atom. The minimum absolute atomic E-state index is 0.0735. The predicted octanol–water partition coefficient (Wildman–Crippen LogP) is 4.21. The fourth-order valence-corrected chi connectivity index (χ4v) is 2.97. The van der Waals surface area contributed by atoms with Crippen molar-refractivity contribution in [1.29, 1.82) is 0 Å². The van der Waals surface area contributed by atoms with Gasteiger partial charge in [0, 0.05) is 18.2 Å². The van der Waals surface area contributed by atoms with Crippen LogP contribution in [-0.2, 0) is 6.54 Å². The van der Waals surface area contributed by atoms with E-state index < -0.39 is 12.1 Å². The first-order chi connectivity index (χ1) is 9.90. The highest BCUT2D eigenvalue weighted by Crippen LogP contribution is 2.37. The number of rotatable bonds is 4. The summed E-state index contributed by atoms with van der Waals surface area (Å²) >= 11 is 0. The van der Waals surface area contributed by atoms with Crippen molar-refractivity contribution in [2.24, 2.45) is 5.92 Å². The summed E-state index contributed by atoms with van der Waals surface area (Å²) < 4.78 is 43.7. The number of ether oxygens (including phenoxy) is 1. The van der Waals surface area contributed by atoms with Crippen LogP contribution >= 0.6 is 0 Å². The van der Waals surface area contributed by atoms with Gasteiger partial charge < -0.3 is 10.1 Å². The summed E-state index contributed by atoms with van der Waals surface area (Å²) in [5.74, 6) is -0.389. The van der Waals surface area contributed by atoms with E-state index in [1.54, 1.807) is 7.11 Å². The third-order valence-corrected chi connectivity index (χ3v) is 4.15. The van der Waals surface area contributed by atoms with Gasteiger partial charge in [0.25, 0.3) is 0 Å². The molecule has 0 bridgehead atoms. The number of alkyl halides is 3. The first-order valence-electron chi connectivity index (χ1n) is 7.33. The van der Waals surface area contributed by atoms with E-state index in [1.807, 2.05) is 25.1 Å². The van der Waals surface area contributed by atoms with Crippen molar-refractivity contribution in [3.8, 4) is 5.75 Å². The monoisotopic (exact) mass is 301 g/mol. The molecule has 2 unspecified atom stereocenters. The van der Waals surface area contributed by atoms with Crippen molar-refractivity contribution < 1.29 is 17.9 Å². The van der Waals surface area contributed by atoms with Gasteiger partial charge in [0.05, 0.1) is 13.0 Å². The molecule has 1 aromatic rings. The largest absolute Gasteiger partial charge is 0.496 e. The van der Waals surface area contributed by atoms with Gasteiger partial charge in [-0.1, -0.05) is 24.1 Å². The second-order valence-corrected chi connectivity index (χ2v) is 5.80. The molecule has 21 heavy (non-hydrogen) atoms. The zero-order chi connectivity index (χ0) is 15.5. The molecule has 2 atom stereocenters. The van der Waals surface area contributed by atoms with Crippen LogP contribution in [0.3, 0.4) is 0 Å². The van der Waals surface area contributed by atoms with E-state index in [2.05, 4.69) is 5.32 Å². The molecule has 0 radical (unpaired) electrons. The molecule has 0 aliphatic heterocycles. The van der Waals surface area contributed by atoms with Crippen molar-refractivity contribution in [2.45, 2.75) is 51.4 Å². The molecule has 0 heterocycles. The van der Waals surface area contributed by atoms with Crippen molar-refractivity contribution >= 4 is 0 Å². The maximum Gasteiger partial charge on any atom is 0.391 e. The highest BCUT2D eigenvalue weighted by molar-refractivity contribution is 5.36. The maximum atomic E-state index is 12.8. The van der Waals surface area contributed by atoms with Gasteiger partial charge in [-0.15, -0.1) is 0 Å². The van der Waals surface area contributed by atoms with E-state index >= 15 is 0 Å². The van der Waals surface area contributed by atoms with Gasteiger partial charge in [-0.2, -0.15) is 13.2 Å². The van der Waals surface area contributed by atoms with Crippen LogP contribution in [0.5, 0.6) is 5.75 Å². The molecule has 0 spiro atoms. The number of methoxy groups -OCH3 is 1. The van der Waals surface area contributed by atoms with Crippen LogP contribution in [0.4, 0.5) is 13.2 Å². The average molecular weight is 301 g/mol. The molecule has 1 aliphatic rings. The third-order valence-electron chi connectivity index (χ3n) is 4.15. The Balaban J connectivity index is 1.95. The molecule has 118 valence electrons. The first-order valence-corrected chi connectivity index (χ1v) is 7.33. The Labute approximate surface area is 123 Å². The number of halogens is 3. The molecule has 1 N–H and O–H groups in total. The number of nitrogens with one attached hydrogen (secondary N) is 1. The van der Waals surface area contributed by atoms with Crippen LogP contribution in [0.2, 0.25) is 0 Å². The highest BCUT2D eigenvalue weighted by Gasteiger charge is 2.41. The SMILES string of the molecule is COc1ccc(C)cc1CNC1CCCC(C(F)(F)F)C1. The zero-order valence-corrected chi connectivity index (χ0v) is 12.5. The van der Waals surface area contributed by atoms with Crippen molar-refractivity contribution in [1.82, 2.24) is 5.32 Å². The second-order valence-electron chi connectivity index (χ2n) is 5.80. The number of aryl methyl sites for hydroxylation is 1. The summed E-state index contributed by atoms with van der Waals surface area (Å²) in [7, 11) is 1.61. The molecule has 2 rings (SSSR count). The van der Waals surface area contributed by atoms with E-state index in [0.29, 0.717) is 13.0 Å². The molecule has 0 aromatic heterocycles. The van der Waals surface area contributed by atoms with Gasteiger partial charge >= 0.3 is 6.18 Å². The molecule has 1 aromatic carbocycles. The van der Waals surface area contributed by atoms with E-state index in [4.69, 9.17) is 4.74 Å². The lowest BCUT2D eigenvalue weighted by Gasteiger charge is -2.31. The van der Waals surface area contributed by atoms with Crippen LogP contribution in [0.25, 0.3) is 0 Å². The summed E-state index contributed by atoms with van der Waals surface area (Å²) in [5, 5.41) is 3.26.